The van der Waals surface area contributed by atoms with Gasteiger partial charge in [0.15, 0.2) is 0 Å². The zero-order valence-corrected chi connectivity index (χ0v) is 15.2. The van der Waals surface area contributed by atoms with Crippen molar-refractivity contribution in [2.45, 2.75) is 38.3 Å². The molecular weight excluding hydrogens is 336 g/mol. The number of amides is 1. The van der Waals surface area contributed by atoms with Gasteiger partial charge in [-0.25, -0.2) is 0 Å². The molecule has 1 fully saturated rings. The Balaban J connectivity index is 0.00000225. The van der Waals surface area contributed by atoms with E-state index in [1.54, 1.807) is 0 Å². The van der Waals surface area contributed by atoms with Crippen LogP contribution in [-0.4, -0.2) is 29.4 Å². The third kappa shape index (κ3) is 4.74. The van der Waals surface area contributed by atoms with Gasteiger partial charge in [0.25, 0.3) is 5.91 Å². The van der Waals surface area contributed by atoms with Gasteiger partial charge >= 0.3 is 0 Å². The molecule has 0 aliphatic carbocycles. The average molecular weight is 361 g/mol. The van der Waals surface area contributed by atoms with Crippen LogP contribution in [0.1, 0.15) is 36.5 Å². The van der Waals surface area contributed by atoms with Crippen molar-refractivity contribution in [2.75, 3.05) is 6.54 Å². The minimum Gasteiger partial charge on any atom is -0.457 e. The molecule has 4 nitrogen and oxygen atoms in total. The molecule has 5 heteroatoms. The minimum atomic E-state index is -0.00469. The first kappa shape index (κ1) is 19.3. The van der Waals surface area contributed by atoms with E-state index in [0.717, 1.165) is 37.3 Å². The lowest BCUT2D eigenvalue weighted by Gasteiger charge is -2.38. The fourth-order valence-corrected chi connectivity index (χ4v) is 3.21. The highest BCUT2D eigenvalue weighted by atomic mass is 35.5. The van der Waals surface area contributed by atoms with Gasteiger partial charge in [0.05, 0.1) is 0 Å². The van der Waals surface area contributed by atoms with E-state index in [2.05, 4.69) is 0 Å². The Labute approximate surface area is 155 Å². The molecule has 2 atom stereocenters. The molecule has 0 radical (unpaired) electrons. The van der Waals surface area contributed by atoms with Crippen LogP contribution in [0.15, 0.2) is 54.6 Å². The van der Waals surface area contributed by atoms with E-state index < -0.39 is 0 Å². The van der Waals surface area contributed by atoms with Crippen LogP contribution in [0.4, 0.5) is 0 Å². The van der Waals surface area contributed by atoms with Crippen LogP contribution < -0.4 is 10.5 Å². The maximum Gasteiger partial charge on any atom is 0.254 e. The Morgan fingerprint density at radius 2 is 1.72 bits per heavy atom. The summed E-state index contributed by atoms with van der Waals surface area (Å²) in [5.74, 6) is 1.56. The van der Waals surface area contributed by atoms with Gasteiger partial charge in [0, 0.05) is 24.2 Å². The first-order valence-corrected chi connectivity index (χ1v) is 8.54. The predicted molar refractivity (Wildman–Crippen MR) is 103 cm³/mol. The van der Waals surface area contributed by atoms with Crippen molar-refractivity contribution in [3.63, 3.8) is 0 Å². The standard InChI is InChI=1S/C20H24N2O2.ClH/c1-15(21)19-9-5-6-14-22(19)20(23)16-10-12-18(13-11-16)24-17-7-3-2-4-8-17;/h2-4,7-8,10-13,15,19H,5-6,9,14,21H2,1H3;1H. The molecule has 2 N–H and O–H groups in total. The third-order valence-corrected chi connectivity index (χ3v) is 4.50. The molecule has 0 spiro atoms. The van der Waals surface area contributed by atoms with Crippen LogP contribution in [0.3, 0.4) is 0 Å². The number of carbonyl (C=O) groups is 1. The normalized spacial score (nSPS) is 18.2. The van der Waals surface area contributed by atoms with Crippen molar-refractivity contribution in [3.05, 3.63) is 60.2 Å². The van der Waals surface area contributed by atoms with E-state index >= 15 is 0 Å². The number of halogens is 1. The third-order valence-electron chi connectivity index (χ3n) is 4.50. The molecular formula is C20H25ClN2O2. The van der Waals surface area contributed by atoms with Crippen molar-refractivity contribution >= 4 is 18.3 Å². The zero-order valence-electron chi connectivity index (χ0n) is 14.4. The first-order valence-electron chi connectivity index (χ1n) is 8.54. The number of nitrogens with two attached hydrogens (primary N) is 1. The van der Waals surface area contributed by atoms with Crippen LogP contribution >= 0.6 is 12.4 Å². The zero-order chi connectivity index (χ0) is 16.9. The largest absolute Gasteiger partial charge is 0.457 e. The summed E-state index contributed by atoms with van der Waals surface area (Å²) in [5.41, 5.74) is 6.75. The van der Waals surface area contributed by atoms with Gasteiger partial charge in [-0.05, 0) is 62.6 Å². The molecule has 1 saturated heterocycles. The molecule has 2 aromatic rings. The summed E-state index contributed by atoms with van der Waals surface area (Å²) in [5, 5.41) is 0. The Morgan fingerprint density at radius 3 is 2.36 bits per heavy atom. The lowest BCUT2D eigenvalue weighted by molar-refractivity contribution is 0.0584. The fraction of sp³-hybridized carbons (Fsp3) is 0.350. The van der Waals surface area contributed by atoms with Crippen LogP contribution in [0.2, 0.25) is 0 Å². The van der Waals surface area contributed by atoms with Crippen LogP contribution in [-0.2, 0) is 0 Å². The molecule has 25 heavy (non-hydrogen) atoms. The number of para-hydroxylation sites is 1. The summed E-state index contributed by atoms with van der Waals surface area (Å²) >= 11 is 0. The van der Waals surface area contributed by atoms with Crippen LogP contribution in [0, 0.1) is 0 Å². The second kappa shape index (κ2) is 8.88. The number of ether oxygens (including phenoxy) is 1. The quantitative estimate of drug-likeness (QED) is 0.887. The molecule has 1 aliphatic rings. The van der Waals surface area contributed by atoms with Crippen molar-refractivity contribution < 1.29 is 9.53 Å². The van der Waals surface area contributed by atoms with Crippen molar-refractivity contribution in [2.24, 2.45) is 5.73 Å². The second-order valence-electron chi connectivity index (χ2n) is 6.36. The molecule has 1 amide bonds. The van der Waals surface area contributed by atoms with Gasteiger partial charge in [-0.15, -0.1) is 12.4 Å². The summed E-state index contributed by atoms with van der Waals surface area (Å²) in [6.45, 7) is 2.76. The molecule has 0 bridgehead atoms. The Hall–Kier alpha value is -2.04. The number of rotatable bonds is 4. The minimum absolute atomic E-state index is 0. The van der Waals surface area contributed by atoms with Gasteiger partial charge in [-0.2, -0.15) is 0 Å². The Bertz CT molecular complexity index is 674. The predicted octanol–water partition coefficient (Wildman–Crippen LogP) is 4.24. The Morgan fingerprint density at radius 1 is 1.08 bits per heavy atom. The summed E-state index contributed by atoms with van der Waals surface area (Å²) in [4.78, 5) is 14.7. The highest BCUT2D eigenvalue weighted by molar-refractivity contribution is 5.94. The van der Waals surface area contributed by atoms with E-state index in [9.17, 15) is 4.79 Å². The van der Waals surface area contributed by atoms with Gasteiger partial charge in [0.1, 0.15) is 11.5 Å². The number of hydrogen-bond donors (Lipinski definition) is 1. The van der Waals surface area contributed by atoms with E-state index in [0.29, 0.717) is 5.56 Å². The summed E-state index contributed by atoms with van der Waals surface area (Å²) < 4.78 is 5.77. The van der Waals surface area contributed by atoms with Crippen LogP contribution in [0.25, 0.3) is 0 Å². The SMILES string of the molecule is CC(N)C1CCCCN1C(=O)c1ccc(Oc2ccccc2)cc1.Cl. The first-order chi connectivity index (χ1) is 11.6. The molecule has 2 aromatic carbocycles. The average Bonchev–Trinajstić information content (AvgIpc) is 2.62. The highest BCUT2D eigenvalue weighted by Crippen LogP contribution is 2.24. The van der Waals surface area contributed by atoms with E-state index in [4.69, 9.17) is 10.5 Å². The summed E-state index contributed by atoms with van der Waals surface area (Å²) in [6, 6.07) is 17.1. The highest BCUT2D eigenvalue weighted by Gasteiger charge is 2.29. The van der Waals surface area contributed by atoms with Crippen molar-refractivity contribution in [1.29, 1.82) is 0 Å². The molecule has 1 aliphatic heterocycles. The lowest BCUT2D eigenvalue weighted by Crippen LogP contribution is -2.51. The fourth-order valence-electron chi connectivity index (χ4n) is 3.21. The summed E-state index contributed by atoms with van der Waals surface area (Å²) in [7, 11) is 0. The van der Waals surface area contributed by atoms with Crippen LogP contribution in [0.5, 0.6) is 11.5 Å². The molecule has 134 valence electrons. The number of piperidine rings is 1. The number of nitrogens with zero attached hydrogens (tertiary/aromatic N) is 1. The van der Waals surface area contributed by atoms with Gasteiger partial charge in [-0.3, -0.25) is 4.79 Å². The molecule has 3 rings (SSSR count). The molecule has 0 aromatic heterocycles. The van der Waals surface area contributed by atoms with Crippen molar-refractivity contribution in [3.8, 4) is 11.5 Å². The van der Waals surface area contributed by atoms with Gasteiger partial charge in [0.2, 0.25) is 0 Å². The van der Waals surface area contributed by atoms with E-state index in [1.165, 1.54) is 0 Å². The van der Waals surface area contributed by atoms with E-state index in [1.807, 2.05) is 66.4 Å². The number of carbonyl (C=O) groups excluding carboxylic acids is 1. The lowest BCUT2D eigenvalue weighted by atomic mass is 9.96. The number of likely N-dealkylation sites (tertiary alicyclic amines) is 1. The van der Waals surface area contributed by atoms with Gasteiger partial charge < -0.3 is 15.4 Å². The van der Waals surface area contributed by atoms with E-state index in [-0.39, 0.29) is 30.4 Å². The smallest absolute Gasteiger partial charge is 0.254 e. The Kier molecular flexibility index (Phi) is 6.85. The maximum atomic E-state index is 12.8. The topological polar surface area (TPSA) is 55.6 Å². The van der Waals surface area contributed by atoms with Gasteiger partial charge in [-0.1, -0.05) is 18.2 Å². The van der Waals surface area contributed by atoms with Crippen molar-refractivity contribution in [1.82, 2.24) is 4.90 Å². The molecule has 0 saturated carbocycles. The summed E-state index contributed by atoms with van der Waals surface area (Å²) in [6.07, 6.45) is 3.17. The number of hydrogen-bond acceptors (Lipinski definition) is 3. The second-order valence-corrected chi connectivity index (χ2v) is 6.36. The monoisotopic (exact) mass is 360 g/mol. The molecule has 1 heterocycles. The number of benzene rings is 2. The maximum absolute atomic E-state index is 12.8. The molecule has 2 unspecified atom stereocenters.